The first kappa shape index (κ1) is 17.5. The van der Waals surface area contributed by atoms with Gasteiger partial charge in [-0.3, -0.25) is 4.98 Å². The normalized spacial score (nSPS) is 24.3. The number of thiocarbonyl (C=S) groups is 1. The number of pyridine rings is 1. The summed E-state index contributed by atoms with van der Waals surface area (Å²) < 4.78 is 2.43. The first-order valence-electron chi connectivity index (χ1n) is 9.82. The van der Waals surface area contributed by atoms with Gasteiger partial charge in [0.1, 0.15) is 0 Å². The summed E-state index contributed by atoms with van der Waals surface area (Å²) in [6, 6.07) is 9.65. The van der Waals surface area contributed by atoms with Gasteiger partial charge < -0.3 is 14.8 Å². The van der Waals surface area contributed by atoms with Crippen molar-refractivity contribution in [1.29, 1.82) is 0 Å². The molecule has 1 aliphatic carbocycles. The van der Waals surface area contributed by atoms with E-state index in [1.54, 1.807) is 0 Å². The Labute approximate surface area is 161 Å². The van der Waals surface area contributed by atoms with E-state index in [1.165, 1.54) is 37.7 Å². The van der Waals surface area contributed by atoms with Crippen molar-refractivity contribution in [1.82, 2.24) is 19.8 Å². The zero-order valence-corrected chi connectivity index (χ0v) is 16.5. The molecule has 3 heterocycles. The lowest BCUT2D eigenvalue weighted by molar-refractivity contribution is 0.269. The van der Waals surface area contributed by atoms with Crippen molar-refractivity contribution < 1.29 is 0 Å². The van der Waals surface area contributed by atoms with Crippen LogP contribution in [0, 0.1) is 0 Å². The van der Waals surface area contributed by atoms with Gasteiger partial charge in [-0.2, -0.15) is 0 Å². The molecule has 1 N–H and O–H groups in total. The second-order valence-electron chi connectivity index (χ2n) is 7.81. The van der Waals surface area contributed by atoms with Crippen molar-refractivity contribution in [3.05, 3.63) is 54.1 Å². The summed E-state index contributed by atoms with van der Waals surface area (Å²) in [7, 11) is 0. The number of hydrogen-bond acceptors (Lipinski definition) is 2. The van der Waals surface area contributed by atoms with Crippen molar-refractivity contribution in [3.63, 3.8) is 0 Å². The molecule has 5 heteroatoms. The van der Waals surface area contributed by atoms with Crippen LogP contribution in [0.25, 0.3) is 0 Å². The minimum atomic E-state index is 0.0910. The number of nitrogens with zero attached hydrogens (tertiary/aromatic N) is 3. The van der Waals surface area contributed by atoms with Crippen LogP contribution in [0.1, 0.15) is 75.3 Å². The summed E-state index contributed by atoms with van der Waals surface area (Å²) in [5.74, 6) is 0. The van der Waals surface area contributed by atoms with Crippen LogP contribution in [0.2, 0.25) is 0 Å². The molecular formula is C21H28N4S. The van der Waals surface area contributed by atoms with Crippen molar-refractivity contribution >= 4 is 17.3 Å². The fraction of sp³-hybridized carbons (Fsp3) is 0.524. The second-order valence-corrected chi connectivity index (χ2v) is 8.20. The lowest BCUT2D eigenvalue weighted by Gasteiger charge is -2.30. The van der Waals surface area contributed by atoms with E-state index in [2.05, 4.69) is 64.2 Å². The van der Waals surface area contributed by atoms with Gasteiger partial charge in [-0.25, -0.2) is 0 Å². The second kappa shape index (κ2) is 7.39. The zero-order chi connectivity index (χ0) is 18.1. The maximum atomic E-state index is 5.68. The standard InChI is InChI=1S/C21H28N4S/c1-15(2)25-20(19(23-21(25)26)18-10-6-7-12-22-18)16-11-13-24(14-16)17-8-4-3-5-9-17/h6-7,10-15,17,19-20H,3-5,8-9H2,1-2H3,(H,23,26)/t19-,20-/m1/s1. The molecule has 4 nitrogen and oxygen atoms in total. The van der Waals surface area contributed by atoms with E-state index in [0.29, 0.717) is 12.1 Å². The number of aromatic nitrogens is 2. The lowest BCUT2D eigenvalue weighted by atomic mass is 9.95. The van der Waals surface area contributed by atoms with Crippen LogP contribution in [0.15, 0.2) is 42.9 Å². The summed E-state index contributed by atoms with van der Waals surface area (Å²) in [4.78, 5) is 6.93. The number of rotatable bonds is 4. The van der Waals surface area contributed by atoms with Gasteiger partial charge in [-0.05, 0) is 62.7 Å². The Kier molecular flexibility index (Phi) is 4.98. The first-order valence-corrected chi connectivity index (χ1v) is 10.2. The molecule has 2 atom stereocenters. The molecule has 2 fully saturated rings. The SMILES string of the molecule is CC(C)N1C(=S)N[C@H](c2ccccn2)[C@H]1c1ccn(C2CCCCC2)c1. The summed E-state index contributed by atoms with van der Waals surface area (Å²) in [5, 5.41) is 4.35. The third kappa shape index (κ3) is 3.25. The van der Waals surface area contributed by atoms with E-state index in [4.69, 9.17) is 12.2 Å². The molecule has 26 heavy (non-hydrogen) atoms. The highest BCUT2D eigenvalue weighted by Crippen LogP contribution is 2.40. The van der Waals surface area contributed by atoms with E-state index in [-0.39, 0.29) is 12.1 Å². The molecule has 0 amide bonds. The van der Waals surface area contributed by atoms with Gasteiger partial charge in [0.15, 0.2) is 5.11 Å². The Morgan fingerprint density at radius 3 is 2.65 bits per heavy atom. The molecule has 2 aliphatic rings. The highest BCUT2D eigenvalue weighted by atomic mass is 32.1. The van der Waals surface area contributed by atoms with Gasteiger partial charge in [-0.1, -0.05) is 25.3 Å². The Morgan fingerprint density at radius 1 is 1.15 bits per heavy atom. The Hall–Kier alpha value is -1.88. The fourth-order valence-corrected chi connectivity index (χ4v) is 4.94. The topological polar surface area (TPSA) is 33.1 Å². The van der Waals surface area contributed by atoms with E-state index < -0.39 is 0 Å². The maximum Gasteiger partial charge on any atom is 0.170 e. The largest absolute Gasteiger partial charge is 0.352 e. The van der Waals surface area contributed by atoms with Gasteiger partial charge >= 0.3 is 0 Å². The molecule has 0 spiro atoms. The molecule has 0 bridgehead atoms. The van der Waals surface area contributed by atoms with Gasteiger partial charge in [0, 0.05) is 30.7 Å². The molecule has 1 aliphatic heterocycles. The predicted octanol–water partition coefficient (Wildman–Crippen LogP) is 4.77. The average Bonchev–Trinajstić information content (AvgIpc) is 3.27. The molecule has 0 radical (unpaired) electrons. The fourth-order valence-electron chi connectivity index (χ4n) is 4.49. The van der Waals surface area contributed by atoms with Gasteiger partial charge in [0.25, 0.3) is 0 Å². The Balaban J connectivity index is 1.68. The van der Waals surface area contributed by atoms with Crippen LogP contribution in [0.4, 0.5) is 0 Å². The van der Waals surface area contributed by atoms with Crippen LogP contribution in [0.5, 0.6) is 0 Å². The molecular weight excluding hydrogens is 340 g/mol. The van der Waals surface area contributed by atoms with E-state index in [1.807, 2.05) is 12.3 Å². The minimum Gasteiger partial charge on any atom is -0.352 e. The molecule has 2 aromatic heterocycles. The maximum absolute atomic E-state index is 5.68. The lowest BCUT2D eigenvalue weighted by Crippen LogP contribution is -2.35. The van der Waals surface area contributed by atoms with Crippen LogP contribution in [-0.2, 0) is 0 Å². The van der Waals surface area contributed by atoms with Crippen molar-refractivity contribution in [2.75, 3.05) is 0 Å². The predicted molar refractivity (Wildman–Crippen MR) is 109 cm³/mol. The summed E-state index contributed by atoms with van der Waals surface area (Å²) in [6.45, 7) is 4.42. The van der Waals surface area contributed by atoms with E-state index in [9.17, 15) is 0 Å². The quantitative estimate of drug-likeness (QED) is 0.788. The minimum absolute atomic E-state index is 0.0910. The van der Waals surface area contributed by atoms with Gasteiger partial charge in [0.05, 0.1) is 17.8 Å². The van der Waals surface area contributed by atoms with Crippen molar-refractivity contribution in [2.24, 2.45) is 0 Å². The Bertz CT molecular complexity index is 748. The molecule has 4 rings (SSSR count). The third-order valence-corrected chi connectivity index (χ3v) is 6.10. The van der Waals surface area contributed by atoms with Gasteiger partial charge in [-0.15, -0.1) is 0 Å². The summed E-state index contributed by atoms with van der Waals surface area (Å²) in [5.41, 5.74) is 2.38. The number of hydrogen-bond donors (Lipinski definition) is 1. The van der Waals surface area contributed by atoms with E-state index in [0.717, 1.165) is 10.8 Å². The van der Waals surface area contributed by atoms with Crippen LogP contribution in [0.3, 0.4) is 0 Å². The molecule has 138 valence electrons. The number of nitrogens with one attached hydrogen (secondary N) is 1. The van der Waals surface area contributed by atoms with E-state index >= 15 is 0 Å². The molecule has 2 aromatic rings. The van der Waals surface area contributed by atoms with Gasteiger partial charge in [0.2, 0.25) is 0 Å². The molecule has 0 unspecified atom stereocenters. The average molecular weight is 369 g/mol. The molecule has 0 aromatic carbocycles. The third-order valence-electron chi connectivity index (χ3n) is 5.77. The zero-order valence-electron chi connectivity index (χ0n) is 15.6. The summed E-state index contributed by atoms with van der Waals surface area (Å²) >= 11 is 5.68. The first-order chi connectivity index (χ1) is 12.6. The monoisotopic (exact) mass is 368 g/mol. The highest BCUT2D eigenvalue weighted by Gasteiger charge is 2.41. The Morgan fingerprint density at radius 2 is 1.96 bits per heavy atom. The van der Waals surface area contributed by atoms with Crippen molar-refractivity contribution in [2.45, 2.75) is 70.1 Å². The van der Waals surface area contributed by atoms with Crippen LogP contribution in [-0.4, -0.2) is 25.6 Å². The van der Waals surface area contributed by atoms with Crippen LogP contribution < -0.4 is 5.32 Å². The molecule has 1 saturated heterocycles. The highest BCUT2D eigenvalue weighted by molar-refractivity contribution is 7.80. The van der Waals surface area contributed by atoms with Crippen molar-refractivity contribution in [3.8, 4) is 0 Å². The summed E-state index contributed by atoms with van der Waals surface area (Å²) in [6.07, 6.45) is 13.2. The van der Waals surface area contributed by atoms with Crippen LogP contribution >= 0.6 is 12.2 Å². The molecule has 1 saturated carbocycles. The smallest absolute Gasteiger partial charge is 0.170 e.